The molecule has 66 heavy (non-hydrogen) atoms. The lowest BCUT2D eigenvalue weighted by Gasteiger charge is -2.64. The van der Waals surface area contributed by atoms with Crippen molar-refractivity contribution in [2.75, 3.05) is 72.6 Å². The number of carbonyl (C=O) groups excluding carboxylic acids is 3. The molecule has 0 radical (unpaired) electrons. The van der Waals surface area contributed by atoms with Crippen LogP contribution >= 0.6 is 0 Å². The van der Waals surface area contributed by atoms with Crippen molar-refractivity contribution in [1.82, 2.24) is 14.8 Å². The normalized spacial score (nSPS) is 31.8. The maximum Gasteiger partial charge on any atom is 0.342 e. The van der Waals surface area contributed by atoms with Gasteiger partial charge in [0.2, 0.25) is 0 Å². The Bertz CT molecular complexity index is 2670. The van der Waals surface area contributed by atoms with E-state index in [1.54, 1.807) is 31.4 Å². The van der Waals surface area contributed by atoms with Crippen molar-refractivity contribution in [2.45, 2.75) is 87.5 Å². The van der Waals surface area contributed by atoms with Crippen LogP contribution in [0.25, 0.3) is 10.9 Å². The largest absolute Gasteiger partial charge is 0.496 e. The van der Waals surface area contributed by atoms with E-state index in [0.717, 1.165) is 65.9 Å². The predicted octanol–water partition coefficient (Wildman–Crippen LogP) is 6.49. The first-order valence-electron chi connectivity index (χ1n) is 23.5. The highest BCUT2D eigenvalue weighted by Gasteiger charge is 2.78. The van der Waals surface area contributed by atoms with Crippen molar-refractivity contribution < 1.29 is 43.2 Å². The van der Waals surface area contributed by atoms with Crippen LogP contribution in [-0.4, -0.2) is 129 Å². The number of carbonyl (C=O) groups is 3. The molecule has 13 nitrogen and oxygen atoms in total. The summed E-state index contributed by atoms with van der Waals surface area (Å²) in [5.41, 5.74) is 1.82. The molecule has 1 aromatic heterocycles. The molecule has 348 valence electrons. The van der Waals surface area contributed by atoms with Gasteiger partial charge in [-0.05, 0) is 80.0 Å². The van der Waals surface area contributed by atoms with Crippen LogP contribution in [0.1, 0.15) is 79.2 Å². The molecule has 13 heteroatoms. The number of hydrogen-bond acceptors (Lipinski definition) is 12. The summed E-state index contributed by atoms with van der Waals surface area (Å²) in [4.78, 5) is 53.8. The molecule has 3 aromatic carbocycles. The number of H-pyrrole nitrogens is 1. The Morgan fingerprint density at radius 3 is 2.45 bits per heavy atom. The Kier molecular flexibility index (Phi) is 10.9. The first kappa shape index (κ1) is 44.2. The summed E-state index contributed by atoms with van der Waals surface area (Å²) in [6.45, 7) is 9.06. The van der Waals surface area contributed by atoms with Crippen molar-refractivity contribution in [1.29, 1.82) is 0 Å². The third-order valence-electron chi connectivity index (χ3n) is 16.4. The number of benzene rings is 3. The molecule has 2 fully saturated rings. The Balaban J connectivity index is 1.23. The molecule has 6 aliphatic rings. The summed E-state index contributed by atoms with van der Waals surface area (Å²) in [7, 11) is 6.56. The first-order chi connectivity index (χ1) is 31.8. The van der Waals surface area contributed by atoms with Crippen LogP contribution in [0.3, 0.4) is 0 Å². The zero-order chi connectivity index (χ0) is 46.3. The highest BCUT2D eigenvalue weighted by atomic mass is 16.6. The highest BCUT2D eigenvalue weighted by molar-refractivity contribution is 5.95. The number of aliphatic hydroxyl groups is 1. The van der Waals surface area contributed by atoms with Gasteiger partial charge in [-0.25, -0.2) is 4.79 Å². The number of nitrogens with one attached hydrogen (secondary N) is 1. The van der Waals surface area contributed by atoms with Crippen LogP contribution in [0.15, 0.2) is 84.5 Å². The standard InChI is InChI=1S/C53H62N4O9/c1-8-33-25-34-28-52(49(60)64-7,44-36(19-23-56(29-33)30-34)35-15-10-12-17-40(35)54-44)39-26-38-41(27-43(39)63-6)55(4)47-51(38)21-24-57-22-14-20-50(9-2,46(51)57)48(66-32(3)58)53(47,61)31-65-45(59)37-16-11-13-18-42(37)62-5/h10-18,20,25-27,34,46-48,54,61H,8-9,19,21-24,28-31H2,1-7H3/t34-,46?,47+,48+,50+,51+,52-,53?/m0/s1. The summed E-state index contributed by atoms with van der Waals surface area (Å²) in [6, 6.07) is 18.3. The first-order valence-corrected chi connectivity index (χ1v) is 23.5. The van der Waals surface area contributed by atoms with E-state index in [2.05, 4.69) is 76.0 Å². The minimum atomic E-state index is -1.95. The minimum Gasteiger partial charge on any atom is -0.496 e. The molecule has 0 amide bonds. The summed E-state index contributed by atoms with van der Waals surface area (Å²) in [5.74, 6) is -0.731. The van der Waals surface area contributed by atoms with Gasteiger partial charge in [-0.2, -0.15) is 0 Å². The lowest BCUT2D eigenvalue weighted by Crippen LogP contribution is -2.80. The molecule has 3 unspecified atom stereocenters. The average Bonchev–Trinajstić information content (AvgIpc) is 4.00. The fourth-order valence-electron chi connectivity index (χ4n) is 14.0. The van der Waals surface area contributed by atoms with E-state index in [0.29, 0.717) is 49.4 Å². The van der Waals surface area contributed by atoms with E-state index in [1.165, 1.54) is 26.7 Å². The monoisotopic (exact) mass is 898 g/mol. The van der Waals surface area contributed by atoms with E-state index in [4.69, 9.17) is 23.7 Å². The van der Waals surface area contributed by atoms with Gasteiger partial charge in [0.1, 0.15) is 35.2 Å². The molecule has 9 atom stereocenters. The van der Waals surface area contributed by atoms with Crippen LogP contribution < -0.4 is 14.4 Å². The highest BCUT2D eigenvalue weighted by Crippen LogP contribution is 2.68. The molecule has 4 aromatic rings. The second-order valence-electron chi connectivity index (χ2n) is 19.4. The zero-order valence-electron chi connectivity index (χ0n) is 39.1. The molecule has 10 rings (SSSR count). The number of aromatic amines is 1. The molecular weight excluding hydrogens is 837 g/mol. The van der Waals surface area contributed by atoms with Gasteiger partial charge in [0.05, 0.1) is 27.4 Å². The number of ether oxygens (including phenoxy) is 5. The van der Waals surface area contributed by atoms with Crippen LogP contribution in [0.4, 0.5) is 5.69 Å². The maximum absolute atomic E-state index is 15.5. The molecule has 1 spiro atoms. The fourth-order valence-corrected chi connectivity index (χ4v) is 14.0. The van der Waals surface area contributed by atoms with Crippen molar-refractivity contribution in [3.8, 4) is 11.5 Å². The number of rotatable bonds is 10. The molecule has 1 aliphatic carbocycles. The summed E-state index contributed by atoms with van der Waals surface area (Å²) in [5, 5.41) is 15.0. The minimum absolute atomic E-state index is 0.0112. The van der Waals surface area contributed by atoms with Crippen LogP contribution in [-0.2, 0) is 41.1 Å². The Morgan fingerprint density at radius 2 is 1.71 bits per heavy atom. The molecular formula is C53H62N4O9. The topological polar surface area (TPSA) is 143 Å². The molecule has 2 bridgehead atoms. The smallest absolute Gasteiger partial charge is 0.342 e. The van der Waals surface area contributed by atoms with E-state index in [-0.39, 0.29) is 23.5 Å². The number of fused-ring (bicyclic) bond motifs is 6. The summed E-state index contributed by atoms with van der Waals surface area (Å²) in [6.07, 6.45) is 8.73. The Labute approximate surface area is 386 Å². The molecule has 2 N–H and O–H groups in total. The molecule has 1 saturated heterocycles. The van der Waals surface area contributed by atoms with Gasteiger partial charge in [-0.1, -0.05) is 68.0 Å². The number of para-hydroxylation sites is 2. The Hall–Kier alpha value is -5.63. The van der Waals surface area contributed by atoms with Crippen molar-refractivity contribution in [3.63, 3.8) is 0 Å². The van der Waals surface area contributed by atoms with Gasteiger partial charge in [-0.15, -0.1) is 0 Å². The van der Waals surface area contributed by atoms with Gasteiger partial charge >= 0.3 is 17.9 Å². The lowest BCUT2D eigenvalue weighted by atomic mass is 9.47. The lowest BCUT2D eigenvalue weighted by molar-refractivity contribution is -0.228. The molecule has 5 aliphatic heterocycles. The van der Waals surface area contributed by atoms with Gasteiger partial charge in [-0.3, -0.25) is 19.4 Å². The van der Waals surface area contributed by atoms with E-state index >= 15 is 4.79 Å². The average molecular weight is 899 g/mol. The van der Waals surface area contributed by atoms with Crippen molar-refractivity contribution in [3.05, 3.63) is 112 Å². The van der Waals surface area contributed by atoms with Crippen LogP contribution in [0.5, 0.6) is 11.5 Å². The van der Waals surface area contributed by atoms with Gasteiger partial charge in [0, 0.05) is 90.9 Å². The number of anilines is 1. The third kappa shape index (κ3) is 6.18. The van der Waals surface area contributed by atoms with E-state index in [1.807, 2.05) is 19.2 Å². The van der Waals surface area contributed by atoms with E-state index in [9.17, 15) is 14.7 Å². The van der Waals surface area contributed by atoms with E-state index < -0.39 is 52.5 Å². The zero-order valence-corrected chi connectivity index (χ0v) is 39.1. The SMILES string of the molecule is CCC1=C[C@@H]2CN(CCc3c([nH]c4ccccc34)[C@@](C(=O)OC)(c3cc4c(cc3OC)N(C)[C@H]3C(O)(COC(=O)c5ccccc5OC)[C@H](OC(C)=O)[C@]5(CC)C=CCN6CC[C@]43C65)C2)C1. The second-order valence-corrected chi connectivity index (χ2v) is 19.4. The number of nitrogens with zero attached hydrogens (tertiary/aromatic N) is 3. The summed E-state index contributed by atoms with van der Waals surface area (Å²) >= 11 is 0. The predicted molar refractivity (Wildman–Crippen MR) is 250 cm³/mol. The number of esters is 3. The van der Waals surface area contributed by atoms with Gasteiger partial charge in [0.15, 0.2) is 5.60 Å². The van der Waals surface area contributed by atoms with Crippen LogP contribution in [0, 0.1) is 11.3 Å². The summed E-state index contributed by atoms with van der Waals surface area (Å²) < 4.78 is 30.7. The fraction of sp³-hybridized carbons (Fsp3) is 0.491. The van der Waals surface area contributed by atoms with Gasteiger partial charge in [0.25, 0.3) is 0 Å². The van der Waals surface area contributed by atoms with Crippen LogP contribution in [0.2, 0.25) is 0 Å². The quantitative estimate of drug-likeness (QED) is 0.102. The Morgan fingerprint density at radius 1 is 0.939 bits per heavy atom. The molecule has 6 heterocycles. The van der Waals surface area contributed by atoms with Crippen molar-refractivity contribution >= 4 is 34.5 Å². The van der Waals surface area contributed by atoms with Crippen molar-refractivity contribution in [2.24, 2.45) is 11.3 Å². The number of aromatic nitrogens is 1. The number of hydrogen-bond donors (Lipinski definition) is 2. The number of likely N-dealkylation sites (N-methyl/N-ethyl adjacent to an activating group) is 1. The third-order valence-corrected chi connectivity index (χ3v) is 16.4. The maximum atomic E-state index is 15.5. The van der Waals surface area contributed by atoms with Gasteiger partial charge < -0.3 is 38.7 Å². The molecule has 1 saturated carbocycles. The second kappa shape index (κ2) is 16.3. The number of methoxy groups -OCH3 is 3.